The largest absolute Gasteiger partial charge is 0.454 e. The summed E-state index contributed by atoms with van der Waals surface area (Å²) >= 11 is 0. The van der Waals surface area contributed by atoms with Crippen LogP contribution in [0.5, 0.6) is 11.5 Å². The van der Waals surface area contributed by atoms with Crippen LogP contribution in [0.4, 0.5) is 5.69 Å². The first-order valence-electron chi connectivity index (χ1n) is 11.8. The smallest absolute Gasteiger partial charge is 0.257 e. The van der Waals surface area contributed by atoms with Gasteiger partial charge in [0.15, 0.2) is 29.6 Å². The van der Waals surface area contributed by atoms with Gasteiger partial charge in [0.2, 0.25) is 6.79 Å². The number of aryl methyl sites for hydroxylation is 1. The molecule has 0 unspecified atom stereocenters. The van der Waals surface area contributed by atoms with Crippen molar-refractivity contribution in [2.75, 3.05) is 13.3 Å². The highest BCUT2D eigenvalue weighted by atomic mass is 16.7. The van der Waals surface area contributed by atoms with E-state index in [1.807, 2.05) is 12.1 Å². The van der Waals surface area contributed by atoms with Gasteiger partial charge < -0.3 is 14.0 Å². The van der Waals surface area contributed by atoms with Crippen molar-refractivity contribution in [1.29, 1.82) is 0 Å². The molecule has 0 amide bonds. The summed E-state index contributed by atoms with van der Waals surface area (Å²) in [5.74, 6) is 3.02. The zero-order valence-corrected chi connectivity index (χ0v) is 19.2. The molecule has 32 heavy (non-hydrogen) atoms. The van der Waals surface area contributed by atoms with E-state index in [0.29, 0.717) is 12.7 Å². The summed E-state index contributed by atoms with van der Waals surface area (Å²) in [6.07, 6.45) is 8.46. The number of unbranched alkanes of at least 4 members (excludes halogenated alkanes) is 5. The number of benzene rings is 2. The standard InChI is InChI=1S/C26H33N3O3/c1-3-5-6-7-8-9-10-25-27-26(32-28-25)21-13-11-20(12-14-21)18-29(4-2)22-15-16-23-24(17-22)31-19-30-23/h11-17H,3-10,18-19H2,1-2H3/q+1. The highest BCUT2D eigenvalue weighted by Gasteiger charge is 2.22. The van der Waals surface area contributed by atoms with Gasteiger partial charge in [-0.15, -0.1) is 4.90 Å². The lowest BCUT2D eigenvalue weighted by Crippen LogP contribution is -2.23. The summed E-state index contributed by atoms with van der Waals surface area (Å²) in [6.45, 7) is 6.40. The van der Waals surface area contributed by atoms with Gasteiger partial charge in [-0.05, 0) is 31.5 Å². The van der Waals surface area contributed by atoms with Crippen molar-refractivity contribution in [3.05, 3.63) is 53.9 Å². The highest BCUT2D eigenvalue weighted by Crippen LogP contribution is 2.35. The minimum absolute atomic E-state index is 0.294. The third kappa shape index (κ3) is 5.68. The Morgan fingerprint density at radius 2 is 1.66 bits per heavy atom. The van der Waals surface area contributed by atoms with Crippen molar-refractivity contribution in [2.24, 2.45) is 0 Å². The third-order valence-electron chi connectivity index (χ3n) is 5.90. The van der Waals surface area contributed by atoms with Gasteiger partial charge in [0.1, 0.15) is 6.54 Å². The first kappa shape index (κ1) is 22.3. The number of rotatable bonds is 12. The molecule has 1 aliphatic heterocycles. The van der Waals surface area contributed by atoms with E-state index < -0.39 is 0 Å². The quantitative estimate of drug-likeness (QED) is 0.245. The van der Waals surface area contributed by atoms with Crippen molar-refractivity contribution >= 4 is 5.69 Å². The molecule has 0 saturated carbocycles. The minimum Gasteiger partial charge on any atom is -0.454 e. The molecule has 0 bridgehead atoms. The molecule has 1 aromatic heterocycles. The lowest BCUT2D eigenvalue weighted by atomic mass is 10.1. The molecule has 0 N–H and O–H groups in total. The van der Waals surface area contributed by atoms with Crippen LogP contribution < -0.4 is 14.4 Å². The van der Waals surface area contributed by atoms with Gasteiger partial charge in [-0.25, -0.2) is 0 Å². The lowest BCUT2D eigenvalue weighted by molar-refractivity contribution is 0.174. The summed E-state index contributed by atoms with van der Waals surface area (Å²) in [7, 11) is 0. The van der Waals surface area contributed by atoms with E-state index in [0.717, 1.165) is 54.5 Å². The van der Waals surface area contributed by atoms with Crippen LogP contribution >= 0.6 is 0 Å². The van der Waals surface area contributed by atoms with E-state index in [4.69, 9.17) is 14.0 Å². The second-order valence-electron chi connectivity index (χ2n) is 8.28. The van der Waals surface area contributed by atoms with Gasteiger partial charge in [-0.2, -0.15) is 4.98 Å². The molecule has 0 spiro atoms. The van der Waals surface area contributed by atoms with Gasteiger partial charge in [-0.3, -0.25) is 0 Å². The maximum Gasteiger partial charge on any atom is 0.257 e. The van der Waals surface area contributed by atoms with E-state index >= 15 is 0 Å². The molecular weight excluding hydrogens is 402 g/mol. The zero-order valence-electron chi connectivity index (χ0n) is 19.2. The summed E-state index contributed by atoms with van der Waals surface area (Å²) in [4.78, 5) is 6.90. The summed E-state index contributed by atoms with van der Waals surface area (Å²) in [5.41, 5.74) is 3.30. The van der Waals surface area contributed by atoms with Crippen LogP contribution in [0.25, 0.3) is 11.5 Å². The van der Waals surface area contributed by atoms with E-state index in [9.17, 15) is 0 Å². The Morgan fingerprint density at radius 3 is 2.47 bits per heavy atom. The van der Waals surface area contributed by atoms with Crippen molar-refractivity contribution in [2.45, 2.75) is 65.3 Å². The molecule has 0 atom stereocenters. The Kier molecular flexibility index (Phi) is 7.77. The first-order valence-corrected chi connectivity index (χ1v) is 11.8. The Morgan fingerprint density at radius 1 is 0.875 bits per heavy atom. The van der Waals surface area contributed by atoms with Gasteiger partial charge in [0.05, 0.1) is 6.07 Å². The Hall–Kier alpha value is -2.86. The second kappa shape index (κ2) is 11.1. The maximum absolute atomic E-state index is 5.52. The average Bonchev–Trinajstić information content (AvgIpc) is 3.49. The van der Waals surface area contributed by atoms with Crippen molar-refractivity contribution in [1.82, 2.24) is 15.0 Å². The van der Waals surface area contributed by atoms with Crippen LogP contribution in [0.3, 0.4) is 0 Å². The minimum atomic E-state index is 0.294. The van der Waals surface area contributed by atoms with Gasteiger partial charge in [-0.1, -0.05) is 56.3 Å². The third-order valence-corrected chi connectivity index (χ3v) is 5.90. The molecule has 0 saturated heterocycles. The molecule has 3 aromatic rings. The Labute approximate surface area is 190 Å². The van der Waals surface area contributed by atoms with E-state index in [-0.39, 0.29) is 0 Å². The SMILES string of the molecule is CCCCCCCCc1noc(-c2ccc(C[N+](CC)c3ccc4c(c3)OCO4)cc2)n1. The fourth-order valence-electron chi connectivity index (χ4n) is 3.98. The number of ether oxygens (including phenoxy) is 2. The maximum atomic E-state index is 5.52. The molecule has 2 aromatic carbocycles. The van der Waals surface area contributed by atoms with Crippen LogP contribution in [-0.2, 0) is 13.0 Å². The molecule has 0 aliphatic carbocycles. The molecule has 4 rings (SSSR count). The van der Waals surface area contributed by atoms with Crippen molar-refractivity contribution in [3.8, 4) is 23.0 Å². The molecule has 2 heterocycles. The predicted molar refractivity (Wildman–Crippen MR) is 125 cm³/mol. The molecular formula is C26H33N3O3+. The molecule has 1 aliphatic rings. The van der Waals surface area contributed by atoms with Crippen LogP contribution in [0.15, 0.2) is 47.0 Å². The topological polar surface area (TPSA) is 63.3 Å². The zero-order chi connectivity index (χ0) is 22.2. The second-order valence-corrected chi connectivity index (χ2v) is 8.28. The number of aromatic nitrogens is 2. The van der Waals surface area contributed by atoms with Crippen LogP contribution in [0.1, 0.15) is 63.8 Å². The van der Waals surface area contributed by atoms with Crippen LogP contribution in [0, 0.1) is 0 Å². The van der Waals surface area contributed by atoms with E-state index in [1.165, 1.54) is 37.7 Å². The highest BCUT2D eigenvalue weighted by molar-refractivity contribution is 5.55. The lowest BCUT2D eigenvalue weighted by Gasteiger charge is -2.11. The number of anilines is 1. The van der Waals surface area contributed by atoms with Gasteiger partial charge in [0, 0.05) is 23.6 Å². The van der Waals surface area contributed by atoms with Crippen LogP contribution in [0.2, 0.25) is 0 Å². The van der Waals surface area contributed by atoms with Crippen LogP contribution in [-0.4, -0.2) is 23.5 Å². The number of hydrogen-bond donors (Lipinski definition) is 0. The number of hydrogen-bond acceptors (Lipinski definition) is 6. The first-order chi connectivity index (χ1) is 15.8. The molecule has 1 radical (unpaired) electrons. The summed E-state index contributed by atoms with van der Waals surface area (Å²) < 4.78 is 16.5. The fraction of sp³-hybridized carbons (Fsp3) is 0.462. The molecule has 6 nitrogen and oxygen atoms in total. The average molecular weight is 436 g/mol. The molecule has 6 heteroatoms. The van der Waals surface area contributed by atoms with E-state index in [1.54, 1.807) is 0 Å². The van der Waals surface area contributed by atoms with Gasteiger partial charge in [0.25, 0.3) is 5.89 Å². The number of nitrogens with zero attached hydrogens (tertiary/aromatic N) is 3. The monoisotopic (exact) mass is 435 g/mol. The molecule has 169 valence electrons. The number of fused-ring (bicyclic) bond motifs is 1. The summed E-state index contributed by atoms with van der Waals surface area (Å²) in [5, 5.41) is 4.16. The van der Waals surface area contributed by atoms with E-state index in [2.05, 4.69) is 59.2 Å². The predicted octanol–water partition coefficient (Wildman–Crippen LogP) is 6.36. The molecule has 0 fully saturated rings. The van der Waals surface area contributed by atoms with Crippen molar-refractivity contribution in [3.63, 3.8) is 0 Å². The summed E-state index contributed by atoms with van der Waals surface area (Å²) in [6, 6.07) is 14.5. The fourth-order valence-corrected chi connectivity index (χ4v) is 3.98. The normalized spacial score (nSPS) is 12.6. The Bertz CT molecular complexity index is 984. The van der Waals surface area contributed by atoms with Crippen molar-refractivity contribution < 1.29 is 14.0 Å². The van der Waals surface area contributed by atoms with Gasteiger partial charge >= 0.3 is 0 Å². The Balaban J connectivity index is 1.32.